The summed E-state index contributed by atoms with van der Waals surface area (Å²) in [4.78, 5) is 4.46. The Labute approximate surface area is 131 Å². The summed E-state index contributed by atoms with van der Waals surface area (Å²) >= 11 is 0. The first kappa shape index (κ1) is 15.2. The Kier molecular flexibility index (Phi) is 4.31. The van der Waals surface area contributed by atoms with E-state index in [1.54, 1.807) is 4.31 Å². The molecule has 0 saturated carbocycles. The van der Waals surface area contributed by atoms with E-state index in [1.807, 2.05) is 30.6 Å². The highest BCUT2D eigenvalue weighted by atomic mass is 32.2. The van der Waals surface area contributed by atoms with Gasteiger partial charge >= 0.3 is 0 Å². The summed E-state index contributed by atoms with van der Waals surface area (Å²) in [6.45, 7) is 2.14. The minimum Gasteiger partial charge on any atom is -0.331 e. The number of aromatic nitrogens is 2. The van der Waals surface area contributed by atoms with Crippen LogP contribution >= 0.6 is 0 Å². The van der Waals surface area contributed by atoms with Crippen molar-refractivity contribution in [3.63, 3.8) is 0 Å². The molecule has 2 aromatic rings. The van der Waals surface area contributed by atoms with E-state index in [0.29, 0.717) is 19.0 Å². The highest BCUT2D eigenvalue weighted by Crippen LogP contribution is 2.24. The summed E-state index contributed by atoms with van der Waals surface area (Å²) in [5, 5.41) is 0. The maximum Gasteiger partial charge on any atom is 0.211 e. The number of piperidine rings is 1. The molecule has 2 heterocycles. The Bertz CT molecular complexity index is 717. The second kappa shape index (κ2) is 6.22. The second-order valence-electron chi connectivity index (χ2n) is 5.87. The number of sulfonamides is 1. The molecule has 1 aliphatic rings. The van der Waals surface area contributed by atoms with Crippen molar-refractivity contribution in [1.29, 1.82) is 0 Å². The molecule has 1 aliphatic heterocycles. The Hall–Kier alpha value is -1.66. The van der Waals surface area contributed by atoms with Gasteiger partial charge in [-0.3, -0.25) is 0 Å². The van der Waals surface area contributed by atoms with Gasteiger partial charge in [0, 0.05) is 37.6 Å². The number of rotatable bonds is 4. The van der Waals surface area contributed by atoms with Gasteiger partial charge < -0.3 is 4.57 Å². The smallest absolute Gasteiger partial charge is 0.211 e. The maximum absolute atomic E-state index is 11.6. The minimum atomic E-state index is -3.05. The average molecular weight is 319 g/mol. The fourth-order valence-electron chi connectivity index (χ4n) is 3.01. The van der Waals surface area contributed by atoms with Crippen LogP contribution in [-0.2, 0) is 16.6 Å². The van der Waals surface area contributed by atoms with E-state index in [1.165, 1.54) is 6.26 Å². The van der Waals surface area contributed by atoms with Crippen LogP contribution in [0.3, 0.4) is 0 Å². The number of benzene rings is 1. The Morgan fingerprint density at radius 3 is 2.50 bits per heavy atom. The number of nitrogens with zero attached hydrogens (tertiary/aromatic N) is 3. The molecule has 1 fully saturated rings. The van der Waals surface area contributed by atoms with Crippen LogP contribution in [0.1, 0.15) is 12.8 Å². The van der Waals surface area contributed by atoms with E-state index in [2.05, 4.69) is 21.7 Å². The predicted octanol–water partition coefficient (Wildman–Crippen LogP) is 2.22. The molecule has 5 nitrogen and oxygen atoms in total. The van der Waals surface area contributed by atoms with Crippen LogP contribution in [0.2, 0.25) is 0 Å². The number of hydrogen-bond acceptors (Lipinski definition) is 3. The van der Waals surface area contributed by atoms with Gasteiger partial charge in [-0.2, -0.15) is 0 Å². The van der Waals surface area contributed by atoms with Crippen LogP contribution in [0.25, 0.3) is 11.4 Å². The highest BCUT2D eigenvalue weighted by Gasteiger charge is 2.25. The molecule has 0 radical (unpaired) electrons. The first-order valence-electron chi connectivity index (χ1n) is 7.56. The highest BCUT2D eigenvalue weighted by molar-refractivity contribution is 7.88. The van der Waals surface area contributed by atoms with Gasteiger partial charge in [-0.15, -0.1) is 0 Å². The standard InChI is InChI=1S/C16H21N3O2S/c1-22(20,21)19-10-7-14(8-11-19)13-18-12-9-17-16(18)15-5-3-2-4-6-15/h2-6,9,12,14H,7-8,10-11,13H2,1H3. The molecule has 22 heavy (non-hydrogen) atoms. The molecule has 0 aliphatic carbocycles. The first-order valence-corrected chi connectivity index (χ1v) is 9.40. The van der Waals surface area contributed by atoms with Crippen molar-refractivity contribution in [2.45, 2.75) is 19.4 Å². The largest absolute Gasteiger partial charge is 0.331 e. The zero-order valence-corrected chi connectivity index (χ0v) is 13.5. The molecule has 1 aromatic heterocycles. The molecule has 1 saturated heterocycles. The van der Waals surface area contributed by atoms with Crippen molar-refractivity contribution in [2.24, 2.45) is 5.92 Å². The summed E-state index contributed by atoms with van der Waals surface area (Å²) in [5.41, 5.74) is 1.11. The maximum atomic E-state index is 11.6. The van der Waals surface area contributed by atoms with Crippen LogP contribution in [0.5, 0.6) is 0 Å². The van der Waals surface area contributed by atoms with Crippen LogP contribution in [0.4, 0.5) is 0 Å². The van der Waals surface area contributed by atoms with E-state index >= 15 is 0 Å². The normalized spacial score (nSPS) is 17.7. The van der Waals surface area contributed by atoms with Crippen molar-refractivity contribution in [2.75, 3.05) is 19.3 Å². The summed E-state index contributed by atoms with van der Waals surface area (Å²) in [6, 6.07) is 10.1. The van der Waals surface area contributed by atoms with Crippen LogP contribution in [0, 0.1) is 5.92 Å². The molecule has 118 valence electrons. The Morgan fingerprint density at radius 2 is 1.86 bits per heavy atom. The van der Waals surface area contributed by atoms with Gasteiger partial charge in [0.25, 0.3) is 0 Å². The van der Waals surface area contributed by atoms with Gasteiger partial charge in [0.05, 0.1) is 6.26 Å². The van der Waals surface area contributed by atoms with Gasteiger partial charge in [0.2, 0.25) is 10.0 Å². The Balaban J connectivity index is 1.68. The zero-order chi connectivity index (χ0) is 15.6. The molecule has 0 N–H and O–H groups in total. The second-order valence-corrected chi connectivity index (χ2v) is 7.86. The topological polar surface area (TPSA) is 55.2 Å². The van der Waals surface area contributed by atoms with Crippen molar-refractivity contribution < 1.29 is 8.42 Å². The third-order valence-electron chi connectivity index (χ3n) is 4.24. The lowest BCUT2D eigenvalue weighted by Gasteiger charge is -2.30. The van der Waals surface area contributed by atoms with Gasteiger partial charge in [-0.25, -0.2) is 17.7 Å². The molecule has 0 atom stereocenters. The van der Waals surface area contributed by atoms with Gasteiger partial charge in [-0.1, -0.05) is 30.3 Å². The molecule has 6 heteroatoms. The minimum absolute atomic E-state index is 0.495. The van der Waals surface area contributed by atoms with Crippen molar-refractivity contribution in [3.05, 3.63) is 42.7 Å². The average Bonchev–Trinajstić information content (AvgIpc) is 2.96. The summed E-state index contributed by atoms with van der Waals surface area (Å²) < 4.78 is 26.9. The molecule has 1 aromatic carbocycles. The van der Waals surface area contributed by atoms with E-state index < -0.39 is 10.0 Å². The third-order valence-corrected chi connectivity index (χ3v) is 5.55. The van der Waals surface area contributed by atoms with E-state index in [0.717, 1.165) is 30.8 Å². The lowest BCUT2D eigenvalue weighted by molar-refractivity contribution is 0.254. The lowest BCUT2D eigenvalue weighted by Crippen LogP contribution is -2.38. The van der Waals surface area contributed by atoms with E-state index in [4.69, 9.17) is 0 Å². The van der Waals surface area contributed by atoms with Crippen molar-refractivity contribution in [3.8, 4) is 11.4 Å². The molecule has 0 bridgehead atoms. The van der Waals surface area contributed by atoms with Crippen LogP contribution in [0.15, 0.2) is 42.7 Å². The quantitative estimate of drug-likeness (QED) is 0.868. The molecule has 0 unspecified atom stereocenters. The molecular weight excluding hydrogens is 298 g/mol. The van der Waals surface area contributed by atoms with Crippen molar-refractivity contribution >= 4 is 10.0 Å². The van der Waals surface area contributed by atoms with Gasteiger partial charge in [0.15, 0.2) is 0 Å². The number of hydrogen-bond donors (Lipinski definition) is 0. The SMILES string of the molecule is CS(=O)(=O)N1CCC(Cn2ccnc2-c2ccccc2)CC1. The third kappa shape index (κ3) is 3.39. The zero-order valence-electron chi connectivity index (χ0n) is 12.7. The van der Waals surface area contributed by atoms with Crippen molar-refractivity contribution in [1.82, 2.24) is 13.9 Å². The molecular formula is C16H21N3O2S. The Morgan fingerprint density at radius 1 is 1.18 bits per heavy atom. The van der Waals surface area contributed by atoms with Gasteiger partial charge in [-0.05, 0) is 18.8 Å². The molecule has 3 rings (SSSR count). The summed E-state index contributed by atoms with van der Waals surface area (Å²) in [7, 11) is -3.05. The fourth-order valence-corrected chi connectivity index (χ4v) is 3.88. The summed E-state index contributed by atoms with van der Waals surface area (Å²) in [5.74, 6) is 1.47. The fraction of sp³-hybridized carbons (Fsp3) is 0.438. The lowest BCUT2D eigenvalue weighted by atomic mass is 9.98. The molecule has 0 spiro atoms. The molecule has 0 amide bonds. The summed E-state index contributed by atoms with van der Waals surface area (Å²) in [6.07, 6.45) is 6.93. The van der Waals surface area contributed by atoms with E-state index in [-0.39, 0.29) is 0 Å². The van der Waals surface area contributed by atoms with Crippen LogP contribution in [-0.4, -0.2) is 41.6 Å². The number of imidazole rings is 1. The first-order chi connectivity index (χ1) is 10.5. The monoisotopic (exact) mass is 319 g/mol. The predicted molar refractivity (Wildman–Crippen MR) is 86.8 cm³/mol. The van der Waals surface area contributed by atoms with E-state index in [9.17, 15) is 8.42 Å². The van der Waals surface area contributed by atoms with Crippen LogP contribution < -0.4 is 0 Å². The van der Waals surface area contributed by atoms with Gasteiger partial charge in [0.1, 0.15) is 5.82 Å².